The number of hydrogen-bond acceptors (Lipinski definition) is 5. The molecule has 0 aliphatic carbocycles. The molecule has 0 spiro atoms. The zero-order valence-electron chi connectivity index (χ0n) is 10.3. The molecular weight excluding hydrogens is 226 g/mol. The molecule has 3 heterocycles. The first-order valence-corrected chi connectivity index (χ1v) is 6.16. The molecule has 1 atom stereocenters. The van der Waals surface area contributed by atoms with Crippen LogP contribution >= 0.6 is 0 Å². The van der Waals surface area contributed by atoms with Crippen LogP contribution in [-0.4, -0.2) is 26.5 Å². The number of hydrogen-bond donors (Lipinski definition) is 0. The first kappa shape index (κ1) is 11.1. The van der Waals surface area contributed by atoms with E-state index in [-0.39, 0.29) is 6.04 Å². The Kier molecular flexibility index (Phi) is 2.88. The number of anilines is 1. The van der Waals surface area contributed by atoms with E-state index in [2.05, 4.69) is 24.8 Å². The molecule has 92 valence electrons. The maximum atomic E-state index is 4.41. The van der Waals surface area contributed by atoms with Crippen LogP contribution in [0.2, 0.25) is 0 Å². The SMILES string of the molecule is Cc1cc(N2CCC[C@@H]2c2cnccn2)ncn1. The predicted molar refractivity (Wildman–Crippen MR) is 68.1 cm³/mol. The molecule has 0 radical (unpaired) electrons. The van der Waals surface area contributed by atoms with Crippen molar-refractivity contribution in [3.63, 3.8) is 0 Å². The Morgan fingerprint density at radius 2 is 2.17 bits per heavy atom. The summed E-state index contributed by atoms with van der Waals surface area (Å²) in [6.07, 6.45) is 9.18. The maximum Gasteiger partial charge on any atom is 0.132 e. The van der Waals surface area contributed by atoms with Gasteiger partial charge in [0.2, 0.25) is 0 Å². The van der Waals surface area contributed by atoms with Crippen molar-refractivity contribution in [2.24, 2.45) is 0 Å². The molecule has 1 saturated heterocycles. The average molecular weight is 241 g/mol. The van der Waals surface area contributed by atoms with Gasteiger partial charge in [-0.25, -0.2) is 9.97 Å². The summed E-state index contributed by atoms with van der Waals surface area (Å²) < 4.78 is 0. The molecule has 2 aromatic rings. The van der Waals surface area contributed by atoms with Crippen molar-refractivity contribution in [2.75, 3.05) is 11.4 Å². The fraction of sp³-hybridized carbons (Fsp3) is 0.385. The molecule has 1 aliphatic heterocycles. The van der Waals surface area contributed by atoms with Gasteiger partial charge in [-0.15, -0.1) is 0 Å². The Bertz CT molecular complexity index is 528. The molecule has 0 bridgehead atoms. The van der Waals surface area contributed by atoms with Gasteiger partial charge in [-0.05, 0) is 19.8 Å². The zero-order chi connectivity index (χ0) is 12.4. The van der Waals surface area contributed by atoms with Crippen molar-refractivity contribution in [3.8, 4) is 0 Å². The highest BCUT2D eigenvalue weighted by Crippen LogP contribution is 2.33. The zero-order valence-corrected chi connectivity index (χ0v) is 10.3. The van der Waals surface area contributed by atoms with Crippen LogP contribution < -0.4 is 4.90 Å². The molecule has 5 nitrogen and oxygen atoms in total. The number of nitrogens with zero attached hydrogens (tertiary/aromatic N) is 5. The summed E-state index contributed by atoms with van der Waals surface area (Å²) in [5, 5.41) is 0. The van der Waals surface area contributed by atoms with Gasteiger partial charge in [-0.1, -0.05) is 0 Å². The molecule has 0 unspecified atom stereocenters. The fourth-order valence-corrected chi connectivity index (χ4v) is 2.43. The number of aryl methyl sites for hydroxylation is 1. The van der Waals surface area contributed by atoms with Gasteiger partial charge in [-0.3, -0.25) is 9.97 Å². The van der Waals surface area contributed by atoms with Crippen LogP contribution in [-0.2, 0) is 0 Å². The highest BCUT2D eigenvalue weighted by atomic mass is 15.2. The summed E-state index contributed by atoms with van der Waals surface area (Å²) in [4.78, 5) is 19.4. The minimum absolute atomic E-state index is 0.285. The lowest BCUT2D eigenvalue weighted by molar-refractivity contribution is 0.681. The highest BCUT2D eigenvalue weighted by Gasteiger charge is 2.28. The second kappa shape index (κ2) is 4.68. The largest absolute Gasteiger partial charge is 0.348 e. The van der Waals surface area contributed by atoms with E-state index in [0.717, 1.165) is 36.6 Å². The third-order valence-corrected chi connectivity index (χ3v) is 3.26. The molecule has 2 aromatic heterocycles. The van der Waals surface area contributed by atoms with E-state index in [0.29, 0.717) is 0 Å². The quantitative estimate of drug-likeness (QED) is 0.804. The molecule has 1 fully saturated rings. The first-order chi connectivity index (χ1) is 8.84. The van der Waals surface area contributed by atoms with Crippen molar-refractivity contribution in [2.45, 2.75) is 25.8 Å². The normalized spacial score (nSPS) is 19.2. The minimum atomic E-state index is 0.285. The molecular formula is C13H15N5. The lowest BCUT2D eigenvalue weighted by Crippen LogP contribution is -2.24. The molecule has 0 amide bonds. The van der Waals surface area contributed by atoms with Gasteiger partial charge in [0.1, 0.15) is 12.1 Å². The Morgan fingerprint density at radius 1 is 1.22 bits per heavy atom. The van der Waals surface area contributed by atoms with E-state index in [1.165, 1.54) is 0 Å². The standard InChI is InChI=1S/C13H15N5/c1-10-7-13(17-9-16-10)18-6-2-3-12(18)11-8-14-4-5-15-11/h4-5,7-9,12H,2-3,6H2,1H3/t12-/m1/s1. The lowest BCUT2D eigenvalue weighted by Gasteiger charge is -2.24. The Hall–Kier alpha value is -2.04. The number of rotatable bonds is 2. The lowest BCUT2D eigenvalue weighted by atomic mass is 10.1. The predicted octanol–water partition coefficient (Wildman–Crippen LogP) is 1.92. The molecule has 0 aromatic carbocycles. The second-order valence-corrected chi connectivity index (χ2v) is 4.50. The molecule has 3 rings (SSSR count). The van der Waals surface area contributed by atoms with Crippen LogP contribution in [0, 0.1) is 6.92 Å². The van der Waals surface area contributed by atoms with Crippen LogP contribution in [0.25, 0.3) is 0 Å². The van der Waals surface area contributed by atoms with Crippen molar-refractivity contribution in [1.82, 2.24) is 19.9 Å². The fourth-order valence-electron chi connectivity index (χ4n) is 2.43. The van der Waals surface area contributed by atoms with E-state index < -0.39 is 0 Å². The van der Waals surface area contributed by atoms with Crippen LogP contribution in [0.4, 0.5) is 5.82 Å². The summed E-state index contributed by atoms with van der Waals surface area (Å²) in [6, 6.07) is 2.31. The number of aromatic nitrogens is 4. The van der Waals surface area contributed by atoms with Gasteiger partial charge in [0.05, 0.1) is 17.9 Å². The van der Waals surface area contributed by atoms with Crippen LogP contribution in [0.5, 0.6) is 0 Å². The molecule has 0 saturated carbocycles. The van der Waals surface area contributed by atoms with E-state index in [1.807, 2.05) is 19.2 Å². The Balaban J connectivity index is 1.92. The minimum Gasteiger partial charge on any atom is -0.348 e. The van der Waals surface area contributed by atoms with Crippen LogP contribution in [0.1, 0.15) is 30.3 Å². The van der Waals surface area contributed by atoms with Gasteiger partial charge < -0.3 is 4.90 Å². The third kappa shape index (κ3) is 2.03. The third-order valence-electron chi connectivity index (χ3n) is 3.26. The molecule has 1 aliphatic rings. The summed E-state index contributed by atoms with van der Waals surface area (Å²) in [5.74, 6) is 0.982. The van der Waals surface area contributed by atoms with Gasteiger partial charge in [-0.2, -0.15) is 0 Å². The smallest absolute Gasteiger partial charge is 0.132 e. The van der Waals surface area contributed by atoms with Gasteiger partial charge in [0.15, 0.2) is 0 Å². The van der Waals surface area contributed by atoms with E-state index in [4.69, 9.17) is 0 Å². The monoisotopic (exact) mass is 241 g/mol. The van der Waals surface area contributed by atoms with E-state index in [1.54, 1.807) is 18.7 Å². The Morgan fingerprint density at radius 3 is 2.94 bits per heavy atom. The van der Waals surface area contributed by atoms with Crippen molar-refractivity contribution < 1.29 is 0 Å². The van der Waals surface area contributed by atoms with Crippen molar-refractivity contribution in [1.29, 1.82) is 0 Å². The van der Waals surface area contributed by atoms with Crippen LogP contribution in [0.3, 0.4) is 0 Å². The molecule has 5 heteroatoms. The van der Waals surface area contributed by atoms with Gasteiger partial charge in [0.25, 0.3) is 0 Å². The van der Waals surface area contributed by atoms with Gasteiger partial charge >= 0.3 is 0 Å². The Labute approximate surface area is 106 Å². The topological polar surface area (TPSA) is 54.8 Å². The molecule has 0 N–H and O–H groups in total. The summed E-state index contributed by atoms with van der Waals surface area (Å²) >= 11 is 0. The van der Waals surface area contributed by atoms with Crippen molar-refractivity contribution in [3.05, 3.63) is 42.4 Å². The summed E-state index contributed by atoms with van der Waals surface area (Å²) in [5.41, 5.74) is 2.01. The first-order valence-electron chi connectivity index (χ1n) is 6.16. The highest BCUT2D eigenvalue weighted by molar-refractivity contribution is 5.42. The maximum absolute atomic E-state index is 4.41. The van der Waals surface area contributed by atoms with Gasteiger partial charge in [0, 0.05) is 30.7 Å². The molecule has 18 heavy (non-hydrogen) atoms. The summed E-state index contributed by atoms with van der Waals surface area (Å²) in [7, 11) is 0. The van der Waals surface area contributed by atoms with E-state index >= 15 is 0 Å². The second-order valence-electron chi connectivity index (χ2n) is 4.50. The average Bonchev–Trinajstić information content (AvgIpc) is 2.89. The van der Waals surface area contributed by atoms with E-state index in [9.17, 15) is 0 Å². The summed E-state index contributed by atoms with van der Waals surface area (Å²) in [6.45, 7) is 3.00. The van der Waals surface area contributed by atoms with Crippen LogP contribution in [0.15, 0.2) is 31.0 Å². The van der Waals surface area contributed by atoms with Crippen molar-refractivity contribution >= 4 is 5.82 Å².